The summed E-state index contributed by atoms with van der Waals surface area (Å²) in [7, 11) is 0. The second kappa shape index (κ2) is 11.2. The molecule has 1 aliphatic carbocycles. The summed E-state index contributed by atoms with van der Waals surface area (Å²) in [6.45, 7) is 3.05. The molecule has 3 nitrogen and oxygen atoms in total. The number of aliphatic hydroxyl groups is 1. The lowest BCUT2D eigenvalue weighted by Crippen LogP contribution is -2.32. The van der Waals surface area contributed by atoms with Crippen molar-refractivity contribution in [1.29, 1.82) is 0 Å². The Morgan fingerprint density at radius 1 is 0.906 bits per heavy atom. The summed E-state index contributed by atoms with van der Waals surface area (Å²) in [6.07, 6.45) is 11.4. The molecule has 1 aliphatic heterocycles. The van der Waals surface area contributed by atoms with Gasteiger partial charge in [0, 0.05) is 10.9 Å². The molecule has 0 amide bonds. The van der Waals surface area contributed by atoms with E-state index in [1.807, 2.05) is 48.5 Å². The molecule has 2 unspecified atom stereocenters. The van der Waals surface area contributed by atoms with E-state index in [4.69, 9.17) is 9.47 Å². The third-order valence-electron chi connectivity index (χ3n) is 7.31. The standard InChI is InChI=1S/C28H37BrO3/c1-2-5-21-7-9-22(10-8-21)20-28(30,23-11-15-25(29)16-12-23)24-13-17-26(18-14-24)32-27-6-3-4-19-31-27/h11-18,21-22,27,30H,2-10,19-20H2,1H3. The van der Waals surface area contributed by atoms with Gasteiger partial charge in [-0.1, -0.05) is 85.6 Å². The Morgan fingerprint density at radius 3 is 2.12 bits per heavy atom. The minimum absolute atomic E-state index is 0.154. The van der Waals surface area contributed by atoms with Gasteiger partial charge in [-0.05, 0) is 66.5 Å². The molecule has 2 aliphatic rings. The Morgan fingerprint density at radius 2 is 1.53 bits per heavy atom. The smallest absolute Gasteiger partial charge is 0.199 e. The molecule has 2 aromatic carbocycles. The molecule has 174 valence electrons. The van der Waals surface area contributed by atoms with E-state index in [2.05, 4.69) is 22.9 Å². The van der Waals surface area contributed by atoms with Crippen LogP contribution >= 0.6 is 15.9 Å². The summed E-state index contributed by atoms with van der Waals surface area (Å²) < 4.78 is 12.8. The Labute approximate surface area is 201 Å². The second-order valence-electron chi connectivity index (χ2n) is 9.69. The van der Waals surface area contributed by atoms with E-state index in [0.29, 0.717) is 5.92 Å². The van der Waals surface area contributed by atoms with Crippen molar-refractivity contribution in [3.63, 3.8) is 0 Å². The molecule has 2 aromatic rings. The van der Waals surface area contributed by atoms with Crippen LogP contribution in [0.5, 0.6) is 5.75 Å². The monoisotopic (exact) mass is 500 g/mol. The largest absolute Gasteiger partial charge is 0.465 e. The van der Waals surface area contributed by atoms with E-state index < -0.39 is 5.60 Å². The molecule has 1 saturated heterocycles. The number of benzene rings is 2. The fourth-order valence-electron chi connectivity index (χ4n) is 5.44. The van der Waals surface area contributed by atoms with E-state index in [1.165, 1.54) is 38.5 Å². The zero-order valence-corrected chi connectivity index (χ0v) is 20.9. The molecule has 1 saturated carbocycles. The van der Waals surface area contributed by atoms with Crippen LogP contribution in [0.1, 0.15) is 82.3 Å². The minimum Gasteiger partial charge on any atom is -0.465 e. The van der Waals surface area contributed by atoms with Gasteiger partial charge in [-0.3, -0.25) is 0 Å². The molecule has 0 radical (unpaired) electrons. The molecule has 4 heteroatoms. The van der Waals surface area contributed by atoms with Crippen molar-refractivity contribution in [3.8, 4) is 5.75 Å². The molecule has 1 N–H and O–H groups in total. The molecule has 4 rings (SSSR count). The first kappa shape index (κ1) is 23.8. The summed E-state index contributed by atoms with van der Waals surface area (Å²) in [5.41, 5.74) is 0.899. The van der Waals surface area contributed by atoms with Crippen LogP contribution in [0.25, 0.3) is 0 Å². The molecule has 0 bridgehead atoms. The predicted octanol–water partition coefficient (Wildman–Crippen LogP) is 7.59. The Kier molecular flexibility index (Phi) is 8.31. The van der Waals surface area contributed by atoms with E-state index in [9.17, 15) is 5.11 Å². The molecule has 0 aromatic heterocycles. The predicted molar refractivity (Wildman–Crippen MR) is 133 cm³/mol. The van der Waals surface area contributed by atoms with E-state index >= 15 is 0 Å². The summed E-state index contributed by atoms with van der Waals surface area (Å²) in [5, 5.41) is 12.1. The van der Waals surface area contributed by atoms with Crippen LogP contribution in [-0.2, 0) is 10.3 Å². The lowest BCUT2D eigenvalue weighted by atomic mass is 9.72. The zero-order valence-electron chi connectivity index (χ0n) is 19.3. The summed E-state index contributed by atoms with van der Waals surface area (Å²) in [5.74, 6) is 2.22. The maximum atomic E-state index is 12.1. The van der Waals surface area contributed by atoms with Gasteiger partial charge in [0.25, 0.3) is 0 Å². The third kappa shape index (κ3) is 5.95. The van der Waals surface area contributed by atoms with Crippen molar-refractivity contribution in [3.05, 3.63) is 64.1 Å². The van der Waals surface area contributed by atoms with Crippen LogP contribution in [0.3, 0.4) is 0 Å². The van der Waals surface area contributed by atoms with Crippen molar-refractivity contribution in [1.82, 2.24) is 0 Å². The summed E-state index contributed by atoms with van der Waals surface area (Å²) in [4.78, 5) is 0. The third-order valence-corrected chi connectivity index (χ3v) is 7.84. The number of ether oxygens (including phenoxy) is 2. The summed E-state index contributed by atoms with van der Waals surface area (Å²) >= 11 is 3.53. The first-order valence-electron chi connectivity index (χ1n) is 12.4. The van der Waals surface area contributed by atoms with Gasteiger partial charge in [0.1, 0.15) is 11.4 Å². The highest BCUT2D eigenvalue weighted by molar-refractivity contribution is 9.10. The SMILES string of the molecule is CCCC1CCC(CC(O)(c2ccc(Br)cc2)c2ccc(OC3CCCCO3)cc2)CC1. The lowest BCUT2D eigenvalue weighted by molar-refractivity contribution is -0.105. The number of hydrogen-bond acceptors (Lipinski definition) is 3. The molecule has 2 atom stereocenters. The fourth-order valence-corrected chi connectivity index (χ4v) is 5.71. The zero-order chi connectivity index (χ0) is 22.4. The Bertz CT molecular complexity index is 821. The van der Waals surface area contributed by atoms with Crippen molar-refractivity contribution >= 4 is 15.9 Å². The highest BCUT2D eigenvalue weighted by Gasteiger charge is 2.36. The molecule has 2 fully saturated rings. The van der Waals surface area contributed by atoms with Gasteiger partial charge >= 0.3 is 0 Å². The lowest BCUT2D eigenvalue weighted by Gasteiger charge is -2.36. The van der Waals surface area contributed by atoms with Crippen LogP contribution in [0.15, 0.2) is 53.0 Å². The fraction of sp³-hybridized carbons (Fsp3) is 0.571. The number of hydrogen-bond donors (Lipinski definition) is 1. The van der Waals surface area contributed by atoms with Crippen molar-refractivity contribution in [2.75, 3.05) is 6.61 Å². The topological polar surface area (TPSA) is 38.7 Å². The number of halogens is 1. The second-order valence-corrected chi connectivity index (χ2v) is 10.6. The minimum atomic E-state index is -0.997. The Balaban J connectivity index is 1.52. The number of rotatable bonds is 8. The van der Waals surface area contributed by atoms with Crippen LogP contribution in [0, 0.1) is 11.8 Å². The maximum absolute atomic E-state index is 12.1. The highest BCUT2D eigenvalue weighted by Crippen LogP contribution is 2.42. The van der Waals surface area contributed by atoms with Gasteiger partial charge in [-0.25, -0.2) is 0 Å². The van der Waals surface area contributed by atoms with Crippen LogP contribution < -0.4 is 4.74 Å². The van der Waals surface area contributed by atoms with Crippen molar-refractivity contribution in [2.45, 2.75) is 83.0 Å². The van der Waals surface area contributed by atoms with Gasteiger partial charge in [0.05, 0.1) is 6.61 Å². The van der Waals surface area contributed by atoms with Gasteiger partial charge in [0.15, 0.2) is 6.29 Å². The first-order chi connectivity index (χ1) is 15.6. The van der Waals surface area contributed by atoms with Crippen molar-refractivity contribution in [2.24, 2.45) is 11.8 Å². The van der Waals surface area contributed by atoms with Crippen LogP contribution in [0.2, 0.25) is 0 Å². The first-order valence-corrected chi connectivity index (χ1v) is 13.2. The van der Waals surface area contributed by atoms with E-state index in [0.717, 1.165) is 59.6 Å². The molecular formula is C28H37BrO3. The van der Waals surface area contributed by atoms with Gasteiger partial charge in [-0.2, -0.15) is 0 Å². The maximum Gasteiger partial charge on any atom is 0.199 e. The van der Waals surface area contributed by atoms with Gasteiger partial charge in [-0.15, -0.1) is 0 Å². The van der Waals surface area contributed by atoms with Crippen LogP contribution in [0.4, 0.5) is 0 Å². The van der Waals surface area contributed by atoms with E-state index in [1.54, 1.807) is 0 Å². The normalized spacial score (nSPS) is 25.8. The summed E-state index contributed by atoms with van der Waals surface area (Å²) in [6, 6.07) is 16.2. The van der Waals surface area contributed by atoms with Crippen molar-refractivity contribution < 1.29 is 14.6 Å². The highest BCUT2D eigenvalue weighted by atomic mass is 79.9. The average molecular weight is 502 g/mol. The quantitative estimate of drug-likeness (QED) is 0.405. The molecular weight excluding hydrogens is 464 g/mol. The van der Waals surface area contributed by atoms with Crippen LogP contribution in [-0.4, -0.2) is 18.0 Å². The molecule has 32 heavy (non-hydrogen) atoms. The molecule has 1 heterocycles. The van der Waals surface area contributed by atoms with Gasteiger partial charge < -0.3 is 14.6 Å². The average Bonchev–Trinajstić information content (AvgIpc) is 2.82. The van der Waals surface area contributed by atoms with Gasteiger partial charge in [0.2, 0.25) is 0 Å². The molecule has 0 spiro atoms. The van der Waals surface area contributed by atoms with E-state index in [-0.39, 0.29) is 6.29 Å². The Hall–Kier alpha value is -1.36.